The topological polar surface area (TPSA) is 46.3 Å². The molecule has 0 heterocycles. The van der Waals surface area contributed by atoms with Crippen LogP contribution < -0.4 is 5.73 Å². The second-order valence-electron chi connectivity index (χ2n) is 7.56. The van der Waals surface area contributed by atoms with E-state index in [-0.39, 0.29) is 5.92 Å². The average Bonchev–Trinajstić information content (AvgIpc) is 2.54. The molecule has 3 heteroatoms. The highest BCUT2D eigenvalue weighted by atomic mass is 16.2. The third-order valence-corrected chi connectivity index (χ3v) is 5.99. The van der Waals surface area contributed by atoms with Gasteiger partial charge in [0.25, 0.3) is 0 Å². The van der Waals surface area contributed by atoms with Crippen LogP contribution >= 0.6 is 0 Å². The summed E-state index contributed by atoms with van der Waals surface area (Å²) < 4.78 is 0. The van der Waals surface area contributed by atoms with Crippen molar-refractivity contribution in [2.75, 3.05) is 7.05 Å². The maximum absolute atomic E-state index is 12.8. The van der Waals surface area contributed by atoms with Gasteiger partial charge in [-0.15, -0.1) is 0 Å². The monoisotopic (exact) mass is 314 g/mol. The molecule has 2 N–H and O–H groups in total. The number of amides is 1. The molecule has 0 spiro atoms. The van der Waals surface area contributed by atoms with E-state index in [0.29, 0.717) is 30.3 Å². The van der Waals surface area contributed by atoms with E-state index >= 15 is 0 Å². The second-order valence-corrected chi connectivity index (χ2v) is 7.56. The summed E-state index contributed by atoms with van der Waals surface area (Å²) in [7, 11) is 1.94. The van der Waals surface area contributed by atoms with Gasteiger partial charge in [-0.2, -0.15) is 0 Å². The van der Waals surface area contributed by atoms with Crippen molar-refractivity contribution in [1.82, 2.24) is 4.90 Å². The highest BCUT2D eigenvalue weighted by Gasteiger charge is 2.41. The zero-order chi connectivity index (χ0) is 16.4. The minimum absolute atomic E-state index is 0.185. The zero-order valence-electron chi connectivity index (χ0n) is 14.5. The first-order valence-corrected chi connectivity index (χ1v) is 9.16. The molecular formula is C20H30N2O. The van der Waals surface area contributed by atoms with Crippen molar-refractivity contribution >= 4 is 5.91 Å². The van der Waals surface area contributed by atoms with Crippen LogP contribution in [0, 0.1) is 17.8 Å². The summed E-state index contributed by atoms with van der Waals surface area (Å²) in [6, 6.07) is 8.96. The van der Waals surface area contributed by atoms with Crippen molar-refractivity contribution in [2.45, 2.75) is 58.0 Å². The van der Waals surface area contributed by atoms with E-state index in [0.717, 1.165) is 19.3 Å². The van der Waals surface area contributed by atoms with Crippen LogP contribution in [0.4, 0.5) is 0 Å². The largest absolute Gasteiger partial charge is 0.341 e. The van der Waals surface area contributed by atoms with Gasteiger partial charge in [-0.05, 0) is 55.1 Å². The molecule has 23 heavy (non-hydrogen) atoms. The van der Waals surface area contributed by atoms with Crippen molar-refractivity contribution in [3.8, 4) is 0 Å². The summed E-state index contributed by atoms with van der Waals surface area (Å²) in [5, 5.41) is 0. The van der Waals surface area contributed by atoms with Gasteiger partial charge in [-0.3, -0.25) is 4.79 Å². The zero-order valence-corrected chi connectivity index (χ0v) is 14.5. The van der Waals surface area contributed by atoms with Crippen LogP contribution in [-0.4, -0.2) is 23.9 Å². The normalized spacial score (nSPS) is 30.0. The van der Waals surface area contributed by atoms with E-state index in [2.05, 4.69) is 31.2 Å². The quantitative estimate of drug-likeness (QED) is 0.926. The van der Waals surface area contributed by atoms with Crippen LogP contribution in [0.25, 0.3) is 0 Å². The Morgan fingerprint density at radius 3 is 2.26 bits per heavy atom. The highest BCUT2D eigenvalue weighted by Crippen LogP contribution is 2.42. The van der Waals surface area contributed by atoms with Crippen molar-refractivity contribution in [3.63, 3.8) is 0 Å². The Balaban J connectivity index is 1.60. The molecule has 2 aliphatic carbocycles. The van der Waals surface area contributed by atoms with Gasteiger partial charge in [0, 0.05) is 25.6 Å². The summed E-state index contributed by atoms with van der Waals surface area (Å²) in [5.41, 5.74) is 8.91. The smallest absolute Gasteiger partial charge is 0.225 e. The Morgan fingerprint density at radius 1 is 1.13 bits per heavy atom. The van der Waals surface area contributed by atoms with Gasteiger partial charge in [0.15, 0.2) is 0 Å². The van der Waals surface area contributed by atoms with E-state index in [1.807, 2.05) is 11.9 Å². The number of fused-ring (bicyclic) bond motifs is 2. The van der Waals surface area contributed by atoms with E-state index in [9.17, 15) is 4.79 Å². The number of carbonyl (C=O) groups excluding carboxylic acids is 1. The Morgan fingerprint density at radius 2 is 1.70 bits per heavy atom. The number of aryl methyl sites for hydroxylation is 1. The Hall–Kier alpha value is -1.35. The van der Waals surface area contributed by atoms with Crippen LogP contribution in [-0.2, 0) is 17.8 Å². The molecule has 2 aliphatic rings. The minimum atomic E-state index is 0.185. The van der Waals surface area contributed by atoms with Gasteiger partial charge in [0.2, 0.25) is 5.91 Å². The predicted octanol–water partition coefficient (Wildman–Crippen LogP) is 3.36. The number of hydrogen-bond donors (Lipinski definition) is 1. The van der Waals surface area contributed by atoms with E-state index in [1.165, 1.54) is 30.4 Å². The molecule has 0 aromatic heterocycles. The summed E-state index contributed by atoms with van der Waals surface area (Å²) >= 11 is 0. The lowest BCUT2D eigenvalue weighted by Gasteiger charge is -2.44. The molecule has 0 aliphatic heterocycles. The van der Waals surface area contributed by atoms with E-state index < -0.39 is 0 Å². The van der Waals surface area contributed by atoms with Crippen molar-refractivity contribution in [1.29, 1.82) is 0 Å². The molecule has 1 aromatic rings. The molecular weight excluding hydrogens is 284 g/mol. The SMILES string of the molecule is CCc1ccc(CN(C)C(=O)C2CC3CCCC(C2)C3N)cc1. The third kappa shape index (κ3) is 3.60. The van der Waals surface area contributed by atoms with Crippen LogP contribution in [0.3, 0.4) is 0 Å². The van der Waals surface area contributed by atoms with Crippen LogP contribution in [0.5, 0.6) is 0 Å². The summed E-state index contributed by atoms with van der Waals surface area (Å²) in [5.74, 6) is 1.63. The molecule has 2 bridgehead atoms. The van der Waals surface area contributed by atoms with Crippen LogP contribution in [0.1, 0.15) is 50.2 Å². The molecule has 2 saturated carbocycles. The van der Waals surface area contributed by atoms with Gasteiger partial charge in [0.05, 0.1) is 0 Å². The lowest BCUT2D eigenvalue weighted by molar-refractivity contribution is -0.137. The van der Waals surface area contributed by atoms with Gasteiger partial charge in [0.1, 0.15) is 0 Å². The fraction of sp³-hybridized carbons (Fsp3) is 0.650. The average molecular weight is 314 g/mol. The third-order valence-electron chi connectivity index (χ3n) is 5.99. The first-order valence-electron chi connectivity index (χ1n) is 9.16. The lowest BCUT2D eigenvalue weighted by atomic mass is 9.65. The molecule has 2 fully saturated rings. The summed E-state index contributed by atoms with van der Waals surface area (Å²) in [4.78, 5) is 14.8. The van der Waals surface area contributed by atoms with Crippen molar-refractivity contribution in [2.24, 2.45) is 23.5 Å². The number of benzene rings is 1. The van der Waals surface area contributed by atoms with Crippen LogP contribution in [0.15, 0.2) is 24.3 Å². The highest BCUT2D eigenvalue weighted by molar-refractivity contribution is 5.78. The Bertz CT molecular complexity index is 525. The molecule has 3 rings (SSSR count). The second kappa shape index (κ2) is 7.04. The maximum atomic E-state index is 12.8. The number of hydrogen-bond acceptors (Lipinski definition) is 2. The van der Waals surface area contributed by atoms with E-state index in [4.69, 9.17) is 5.73 Å². The maximum Gasteiger partial charge on any atom is 0.225 e. The first-order chi connectivity index (χ1) is 11.1. The van der Waals surface area contributed by atoms with Gasteiger partial charge in [-0.1, -0.05) is 37.6 Å². The van der Waals surface area contributed by atoms with Crippen molar-refractivity contribution in [3.05, 3.63) is 35.4 Å². The number of nitrogens with two attached hydrogens (primary N) is 1. The molecule has 0 saturated heterocycles. The van der Waals surface area contributed by atoms with Crippen molar-refractivity contribution < 1.29 is 4.79 Å². The lowest BCUT2D eigenvalue weighted by Crippen LogP contribution is -2.49. The Kier molecular flexibility index (Phi) is 5.05. The first kappa shape index (κ1) is 16.5. The molecule has 3 nitrogen and oxygen atoms in total. The molecule has 2 unspecified atom stereocenters. The fourth-order valence-corrected chi connectivity index (χ4v) is 4.53. The molecule has 1 amide bonds. The summed E-state index contributed by atoms with van der Waals surface area (Å²) in [6.45, 7) is 2.87. The van der Waals surface area contributed by atoms with Crippen LogP contribution in [0.2, 0.25) is 0 Å². The van der Waals surface area contributed by atoms with Gasteiger partial charge >= 0.3 is 0 Å². The minimum Gasteiger partial charge on any atom is -0.341 e. The molecule has 126 valence electrons. The predicted molar refractivity (Wildman–Crippen MR) is 93.8 cm³/mol. The van der Waals surface area contributed by atoms with Gasteiger partial charge < -0.3 is 10.6 Å². The van der Waals surface area contributed by atoms with E-state index in [1.54, 1.807) is 0 Å². The number of nitrogens with zero attached hydrogens (tertiary/aromatic N) is 1. The standard InChI is InChI=1S/C20H30N2O/c1-3-14-7-9-15(10-8-14)13-22(2)20(23)18-11-16-5-4-6-17(12-18)19(16)21/h7-10,16-19H,3-6,11-13,21H2,1-2H3. The molecule has 0 radical (unpaired) electrons. The fourth-order valence-electron chi connectivity index (χ4n) is 4.53. The Labute approximate surface area is 140 Å². The molecule has 1 aromatic carbocycles. The summed E-state index contributed by atoms with van der Waals surface area (Å²) in [6.07, 6.45) is 6.77. The molecule has 2 atom stereocenters. The van der Waals surface area contributed by atoms with Gasteiger partial charge in [-0.25, -0.2) is 0 Å². The number of rotatable bonds is 4. The number of carbonyl (C=O) groups is 1.